The first-order chi connectivity index (χ1) is 11.0. The fourth-order valence-corrected chi connectivity index (χ4v) is 3.68. The monoisotopic (exact) mass is 322 g/mol. The molecule has 0 bridgehead atoms. The summed E-state index contributed by atoms with van der Waals surface area (Å²) >= 11 is 0. The predicted octanol–water partition coefficient (Wildman–Crippen LogP) is 2.22. The van der Waals surface area contributed by atoms with E-state index < -0.39 is 0 Å². The molecular formula is C18H30N2O3. The van der Waals surface area contributed by atoms with Gasteiger partial charge in [0.25, 0.3) is 0 Å². The summed E-state index contributed by atoms with van der Waals surface area (Å²) in [5, 5.41) is 0. The Morgan fingerprint density at radius 3 is 2.48 bits per heavy atom. The van der Waals surface area contributed by atoms with E-state index in [0.717, 1.165) is 25.8 Å². The van der Waals surface area contributed by atoms with Gasteiger partial charge < -0.3 is 14.5 Å². The van der Waals surface area contributed by atoms with Gasteiger partial charge in [0.1, 0.15) is 0 Å². The highest BCUT2D eigenvalue weighted by Crippen LogP contribution is 2.37. The maximum atomic E-state index is 12.7. The highest BCUT2D eigenvalue weighted by molar-refractivity contribution is 5.84. The van der Waals surface area contributed by atoms with Crippen LogP contribution in [0, 0.1) is 5.41 Å². The first-order valence-corrected chi connectivity index (χ1v) is 8.71. The molecule has 2 aliphatic heterocycles. The summed E-state index contributed by atoms with van der Waals surface area (Å²) in [6, 6.07) is 0.194. The summed E-state index contributed by atoms with van der Waals surface area (Å²) in [5.41, 5.74) is 0.107. The Kier molecular flexibility index (Phi) is 6.22. The number of hydrogen-bond acceptors (Lipinski definition) is 3. The fourth-order valence-electron chi connectivity index (χ4n) is 3.68. The van der Waals surface area contributed by atoms with Crippen LogP contribution in [0.1, 0.15) is 46.0 Å². The lowest BCUT2D eigenvalue weighted by atomic mass is 9.75. The Morgan fingerprint density at radius 1 is 1.17 bits per heavy atom. The molecule has 5 nitrogen and oxygen atoms in total. The van der Waals surface area contributed by atoms with Crippen LogP contribution in [0.4, 0.5) is 0 Å². The Bertz CT molecular complexity index is 442. The van der Waals surface area contributed by atoms with Crippen LogP contribution in [0.5, 0.6) is 0 Å². The van der Waals surface area contributed by atoms with Gasteiger partial charge in [0.2, 0.25) is 11.8 Å². The third kappa shape index (κ3) is 4.56. The van der Waals surface area contributed by atoms with Gasteiger partial charge in [0.05, 0.1) is 13.2 Å². The van der Waals surface area contributed by atoms with E-state index in [1.165, 1.54) is 0 Å². The van der Waals surface area contributed by atoms with Crippen LogP contribution in [0.2, 0.25) is 0 Å². The quantitative estimate of drug-likeness (QED) is 0.729. The van der Waals surface area contributed by atoms with E-state index in [1.54, 1.807) is 4.90 Å². The van der Waals surface area contributed by atoms with Gasteiger partial charge in [-0.05, 0) is 24.7 Å². The number of hydrogen-bond donors (Lipinski definition) is 0. The molecule has 2 heterocycles. The van der Waals surface area contributed by atoms with Crippen molar-refractivity contribution in [2.75, 3.05) is 32.8 Å². The number of morpholine rings is 1. The lowest BCUT2D eigenvalue weighted by Gasteiger charge is -2.46. The van der Waals surface area contributed by atoms with Crippen molar-refractivity contribution in [2.24, 2.45) is 5.41 Å². The number of nitrogens with zero attached hydrogens (tertiary/aromatic N) is 2. The second-order valence-corrected chi connectivity index (χ2v) is 7.21. The van der Waals surface area contributed by atoms with Crippen LogP contribution in [0.15, 0.2) is 12.7 Å². The summed E-state index contributed by atoms with van der Waals surface area (Å²) in [5.74, 6) is 0.171. The van der Waals surface area contributed by atoms with Crippen molar-refractivity contribution in [3.8, 4) is 0 Å². The maximum absolute atomic E-state index is 12.7. The van der Waals surface area contributed by atoms with Crippen molar-refractivity contribution < 1.29 is 14.3 Å². The Hall–Kier alpha value is -1.36. The zero-order valence-electron chi connectivity index (χ0n) is 14.6. The molecule has 0 aromatic rings. The minimum absolute atomic E-state index is 0.0678. The average molecular weight is 322 g/mol. The minimum Gasteiger partial charge on any atom is -0.378 e. The minimum atomic E-state index is 0.0678. The molecule has 0 aromatic carbocycles. The zero-order valence-corrected chi connectivity index (χ0v) is 14.6. The van der Waals surface area contributed by atoms with Gasteiger partial charge in [-0.15, -0.1) is 6.58 Å². The van der Waals surface area contributed by atoms with E-state index in [4.69, 9.17) is 4.74 Å². The molecule has 0 aromatic heterocycles. The highest BCUT2D eigenvalue weighted by Gasteiger charge is 2.38. The summed E-state index contributed by atoms with van der Waals surface area (Å²) in [7, 11) is 0. The topological polar surface area (TPSA) is 49.9 Å². The number of carbonyl (C=O) groups excluding carboxylic acids is 2. The number of likely N-dealkylation sites (tertiary alicyclic amines) is 1. The maximum Gasteiger partial charge on any atom is 0.223 e. The fraction of sp³-hybridized carbons (Fsp3) is 0.778. The molecule has 2 saturated heterocycles. The molecule has 0 unspecified atom stereocenters. The molecule has 2 fully saturated rings. The normalized spacial score (nSPS) is 24.3. The van der Waals surface area contributed by atoms with Crippen molar-refractivity contribution in [3.05, 3.63) is 12.7 Å². The Balaban J connectivity index is 1.90. The second-order valence-electron chi connectivity index (χ2n) is 7.21. The van der Waals surface area contributed by atoms with Crippen LogP contribution in [0.3, 0.4) is 0 Å². The second kappa shape index (κ2) is 7.95. The smallest absolute Gasteiger partial charge is 0.223 e. The van der Waals surface area contributed by atoms with Crippen molar-refractivity contribution in [2.45, 2.75) is 52.0 Å². The first kappa shape index (κ1) is 18.0. The van der Waals surface area contributed by atoms with Crippen LogP contribution < -0.4 is 0 Å². The predicted molar refractivity (Wildman–Crippen MR) is 90.0 cm³/mol. The number of amides is 2. The molecule has 0 radical (unpaired) electrons. The van der Waals surface area contributed by atoms with Crippen molar-refractivity contribution in [1.29, 1.82) is 0 Å². The van der Waals surface area contributed by atoms with Gasteiger partial charge in [-0.25, -0.2) is 0 Å². The molecule has 5 heteroatoms. The number of rotatable bonds is 5. The van der Waals surface area contributed by atoms with E-state index in [2.05, 4.69) is 20.4 Å². The third-order valence-corrected chi connectivity index (χ3v) is 5.13. The molecule has 23 heavy (non-hydrogen) atoms. The molecule has 1 atom stereocenters. The largest absolute Gasteiger partial charge is 0.378 e. The molecule has 2 aliphatic rings. The van der Waals surface area contributed by atoms with Crippen LogP contribution in [0.25, 0.3) is 0 Å². The van der Waals surface area contributed by atoms with Gasteiger partial charge in [-0.1, -0.05) is 19.9 Å². The van der Waals surface area contributed by atoms with Crippen molar-refractivity contribution >= 4 is 11.8 Å². The Labute approximate surface area is 139 Å². The molecule has 2 rings (SSSR count). The van der Waals surface area contributed by atoms with Gasteiger partial charge >= 0.3 is 0 Å². The van der Waals surface area contributed by atoms with Crippen LogP contribution >= 0.6 is 0 Å². The molecule has 0 N–H and O–H groups in total. The van der Waals surface area contributed by atoms with E-state index in [0.29, 0.717) is 39.1 Å². The Morgan fingerprint density at radius 2 is 1.83 bits per heavy atom. The molecule has 130 valence electrons. The van der Waals surface area contributed by atoms with Crippen molar-refractivity contribution in [3.63, 3.8) is 0 Å². The van der Waals surface area contributed by atoms with E-state index in [1.807, 2.05) is 11.0 Å². The highest BCUT2D eigenvalue weighted by atomic mass is 16.5. The summed E-state index contributed by atoms with van der Waals surface area (Å²) in [6.45, 7) is 11.6. The number of carbonyl (C=O) groups is 2. The third-order valence-electron chi connectivity index (χ3n) is 5.13. The summed E-state index contributed by atoms with van der Waals surface area (Å²) < 4.78 is 5.26. The van der Waals surface area contributed by atoms with Crippen molar-refractivity contribution in [1.82, 2.24) is 9.80 Å². The van der Waals surface area contributed by atoms with Gasteiger partial charge in [-0.3, -0.25) is 9.59 Å². The first-order valence-electron chi connectivity index (χ1n) is 8.71. The summed E-state index contributed by atoms with van der Waals surface area (Å²) in [4.78, 5) is 28.6. The number of ether oxygens (including phenoxy) is 1. The molecule has 0 aliphatic carbocycles. The van der Waals surface area contributed by atoms with Gasteiger partial charge in [0, 0.05) is 38.5 Å². The zero-order chi connectivity index (χ0) is 16.9. The lowest BCUT2D eigenvalue weighted by Crippen LogP contribution is -2.52. The molecule has 2 amide bonds. The van der Waals surface area contributed by atoms with E-state index in [-0.39, 0.29) is 23.3 Å². The molecular weight excluding hydrogens is 292 g/mol. The van der Waals surface area contributed by atoms with E-state index in [9.17, 15) is 9.59 Å². The van der Waals surface area contributed by atoms with Gasteiger partial charge in [0.15, 0.2) is 0 Å². The lowest BCUT2D eigenvalue weighted by molar-refractivity contribution is -0.143. The van der Waals surface area contributed by atoms with Crippen LogP contribution in [-0.4, -0.2) is 60.5 Å². The molecule has 0 saturated carbocycles. The molecule has 0 spiro atoms. The summed E-state index contributed by atoms with van der Waals surface area (Å²) in [6.07, 6.45) is 5.48. The van der Waals surface area contributed by atoms with E-state index >= 15 is 0 Å². The standard InChI is InChI=1S/C18H30N2O3/c1-4-6-15-18(2,3)9-5-10-20(15)17(22)8-7-16(21)19-11-13-23-14-12-19/h4,15H,1,5-14H2,2-3H3/t15-/m0/s1. The average Bonchev–Trinajstić information content (AvgIpc) is 2.55. The van der Waals surface area contributed by atoms with Gasteiger partial charge in [-0.2, -0.15) is 0 Å². The van der Waals surface area contributed by atoms with Crippen LogP contribution in [-0.2, 0) is 14.3 Å². The number of piperidine rings is 1. The SMILES string of the molecule is C=CC[C@@H]1N(C(=O)CCC(=O)N2CCOCC2)CCCC1(C)C.